The maximum absolute atomic E-state index is 13.4. The van der Waals surface area contributed by atoms with Crippen molar-refractivity contribution in [1.29, 1.82) is 0 Å². The molecule has 0 unspecified atom stereocenters. The molecule has 1 aromatic carbocycles. The number of aryl methyl sites for hydroxylation is 2. The number of nitrogens with zero attached hydrogens (tertiary/aromatic N) is 3. The van der Waals surface area contributed by atoms with Crippen LogP contribution in [-0.2, 0) is 27.4 Å². The lowest BCUT2D eigenvalue weighted by molar-refractivity contribution is -0.193. The molecule has 2 aliphatic rings. The van der Waals surface area contributed by atoms with E-state index in [0.29, 0.717) is 6.04 Å². The number of fused-ring (bicyclic) bond motifs is 1. The minimum Gasteiger partial charge on any atom is -0.475 e. The second kappa shape index (κ2) is 13.2. The van der Waals surface area contributed by atoms with Crippen LogP contribution in [0.15, 0.2) is 28.8 Å². The van der Waals surface area contributed by atoms with Gasteiger partial charge in [-0.25, -0.2) is 14.0 Å². The molecule has 2 aromatic rings. The summed E-state index contributed by atoms with van der Waals surface area (Å²) in [4.78, 5) is 22.6. The molecule has 0 bridgehead atoms. The zero-order valence-corrected chi connectivity index (χ0v) is 20.7. The molecule has 2 aliphatic heterocycles. The first-order valence-electron chi connectivity index (χ1n) is 11.3. The average molecular weight is 573 g/mol. The maximum Gasteiger partial charge on any atom is 0.490 e. The van der Waals surface area contributed by atoms with E-state index in [4.69, 9.17) is 29.1 Å². The van der Waals surface area contributed by atoms with E-state index in [1.165, 1.54) is 11.6 Å². The van der Waals surface area contributed by atoms with Gasteiger partial charge in [0.05, 0.1) is 24.4 Å². The number of benzene rings is 1. The number of hydrogen-bond acceptors (Lipinski definition) is 7. The molecule has 0 spiro atoms. The summed E-state index contributed by atoms with van der Waals surface area (Å²) in [5, 5.41) is 18.3. The molecule has 1 aromatic heterocycles. The van der Waals surface area contributed by atoms with Crippen LogP contribution in [-0.4, -0.2) is 87.8 Å². The smallest absolute Gasteiger partial charge is 0.475 e. The van der Waals surface area contributed by atoms with Crippen LogP contribution in [0.2, 0.25) is 0 Å². The number of rotatable bonds is 4. The van der Waals surface area contributed by atoms with Crippen LogP contribution in [0.4, 0.5) is 30.7 Å². The number of carboxylic acid groups (broad SMARTS) is 2. The van der Waals surface area contributed by atoms with E-state index in [1.807, 2.05) is 19.9 Å². The number of halogens is 7. The second-order valence-electron chi connectivity index (χ2n) is 8.68. The molecule has 0 radical (unpaired) electrons. The van der Waals surface area contributed by atoms with Gasteiger partial charge in [-0.2, -0.15) is 26.3 Å². The van der Waals surface area contributed by atoms with Gasteiger partial charge in [-0.15, -0.1) is 0 Å². The lowest BCUT2D eigenvalue weighted by Crippen LogP contribution is -2.50. The van der Waals surface area contributed by atoms with Crippen LogP contribution in [0, 0.1) is 19.7 Å². The summed E-state index contributed by atoms with van der Waals surface area (Å²) in [5.74, 6) is -4.79. The fourth-order valence-corrected chi connectivity index (χ4v) is 3.98. The number of aromatic nitrogens is 1. The van der Waals surface area contributed by atoms with Crippen LogP contribution < -0.4 is 0 Å². The first-order chi connectivity index (χ1) is 18.0. The van der Waals surface area contributed by atoms with Crippen LogP contribution >= 0.6 is 0 Å². The van der Waals surface area contributed by atoms with Crippen molar-refractivity contribution in [3.63, 3.8) is 0 Å². The number of hydrogen-bond donors (Lipinski definition) is 2. The number of carboxylic acids is 2. The van der Waals surface area contributed by atoms with Crippen LogP contribution in [0.1, 0.15) is 22.6 Å². The number of aliphatic carboxylic acids is 2. The van der Waals surface area contributed by atoms with Crippen molar-refractivity contribution in [2.24, 2.45) is 0 Å². The highest BCUT2D eigenvalue weighted by atomic mass is 19.4. The lowest BCUT2D eigenvalue weighted by Gasteiger charge is -2.36. The number of likely N-dealkylation sites (tertiary alicyclic amines) is 1. The first-order valence-corrected chi connectivity index (χ1v) is 11.3. The predicted octanol–water partition coefficient (Wildman–Crippen LogP) is 3.78. The third-order valence-electron chi connectivity index (χ3n) is 5.81. The minimum absolute atomic E-state index is 0.176. The van der Waals surface area contributed by atoms with Gasteiger partial charge in [0, 0.05) is 38.3 Å². The third-order valence-corrected chi connectivity index (χ3v) is 5.81. The summed E-state index contributed by atoms with van der Waals surface area (Å²) in [5.41, 5.74) is 3.16. The second-order valence-corrected chi connectivity index (χ2v) is 8.68. The largest absolute Gasteiger partial charge is 0.490 e. The Bertz CT molecular complexity index is 1080. The van der Waals surface area contributed by atoms with Gasteiger partial charge in [0.1, 0.15) is 11.6 Å². The normalized spacial score (nSPS) is 19.8. The Hall–Kier alpha value is -3.24. The highest BCUT2D eigenvalue weighted by Crippen LogP contribution is 2.27. The van der Waals surface area contributed by atoms with Gasteiger partial charge < -0.3 is 19.5 Å². The molecule has 4 rings (SSSR count). The number of carbonyl (C=O) groups is 2. The van der Waals surface area contributed by atoms with Gasteiger partial charge in [-0.3, -0.25) is 9.80 Å². The molecule has 218 valence electrons. The molecule has 0 aliphatic carbocycles. The van der Waals surface area contributed by atoms with Gasteiger partial charge >= 0.3 is 24.3 Å². The zero-order chi connectivity index (χ0) is 29.5. The fraction of sp³-hybridized carbons (Fsp3) is 0.522. The molecule has 0 amide bonds. The summed E-state index contributed by atoms with van der Waals surface area (Å²) < 4.78 is 88.2. The Morgan fingerprint density at radius 2 is 1.62 bits per heavy atom. The van der Waals surface area contributed by atoms with Crippen molar-refractivity contribution < 1.29 is 59.8 Å². The Kier molecular flexibility index (Phi) is 10.8. The highest BCUT2D eigenvalue weighted by Gasteiger charge is 2.41. The Morgan fingerprint density at radius 3 is 2.10 bits per heavy atom. The van der Waals surface area contributed by atoms with Crippen molar-refractivity contribution in [3.8, 4) is 0 Å². The summed E-state index contributed by atoms with van der Waals surface area (Å²) in [6.45, 7) is 9.06. The average Bonchev–Trinajstić information content (AvgIpc) is 3.37. The van der Waals surface area contributed by atoms with Crippen molar-refractivity contribution in [2.75, 3.05) is 26.2 Å². The van der Waals surface area contributed by atoms with Crippen LogP contribution in [0.5, 0.6) is 0 Å². The van der Waals surface area contributed by atoms with Crippen molar-refractivity contribution >= 4 is 11.9 Å². The standard InChI is InChI=1S/C19H24FN3O2.2C2HF3O2/c1-13-17(14(2)25-21-13)10-23-6-7-24-19-12-22(11-18(19)23)9-15-4-3-5-16(20)8-15;2*3-2(4,5)1(6)7/h3-5,8,18-19H,6-7,9-12H2,1-2H3;2*(H,6,7)/t18-,19+;;/m1../s1. The van der Waals surface area contributed by atoms with E-state index in [9.17, 15) is 30.7 Å². The highest BCUT2D eigenvalue weighted by molar-refractivity contribution is 5.73. The van der Waals surface area contributed by atoms with Crippen molar-refractivity contribution in [2.45, 2.75) is 51.4 Å². The monoisotopic (exact) mass is 573 g/mol. The summed E-state index contributed by atoms with van der Waals surface area (Å²) in [7, 11) is 0. The van der Waals surface area contributed by atoms with E-state index in [2.05, 4.69) is 15.0 Å². The number of ether oxygens (including phenoxy) is 1. The Labute approximate surface area is 217 Å². The Morgan fingerprint density at radius 1 is 1.03 bits per heavy atom. The van der Waals surface area contributed by atoms with Gasteiger partial charge in [0.25, 0.3) is 0 Å². The van der Waals surface area contributed by atoms with E-state index < -0.39 is 24.3 Å². The van der Waals surface area contributed by atoms with E-state index >= 15 is 0 Å². The van der Waals surface area contributed by atoms with E-state index in [0.717, 1.165) is 56.3 Å². The first kappa shape index (κ1) is 32.0. The molecule has 3 heterocycles. The summed E-state index contributed by atoms with van der Waals surface area (Å²) in [6, 6.07) is 7.21. The predicted molar refractivity (Wildman–Crippen MR) is 119 cm³/mol. The molecule has 2 fully saturated rings. The summed E-state index contributed by atoms with van der Waals surface area (Å²) >= 11 is 0. The molecule has 2 N–H and O–H groups in total. The fourth-order valence-electron chi connectivity index (χ4n) is 3.98. The maximum atomic E-state index is 13.4. The SMILES string of the molecule is Cc1noc(C)c1CN1CCO[C@H]2CN(Cc3cccc(F)c3)C[C@H]21.O=C(O)C(F)(F)F.O=C(O)C(F)(F)F. The van der Waals surface area contributed by atoms with E-state index in [1.54, 1.807) is 12.1 Å². The third kappa shape index (κ3) is 9.78. The molecule has 2 atom stereocenters. The molecule has 9 nitrogen and oxygen atoms in total. The minimum atomic E-state index is -5.08. The van der Waals surface area contributed by atoms with Gasteiger partial charge in [0.2, 0.25) is 0 Å². The number of morpholine rings is 1. The molecular weight excluding hydrogens is 547 g/mol. The molecule has 0 saturated carbocycles. The molecule has 2 saturated heterocycles. The van der Waals surface area contributed by atoms with Crippen molar-refractivity contribution in [3.05, 3.63) is 52.7 Å². The van der Waals surface area contributed by atoms with Gasteiger partial charge in [-0.05, 0) is 31.5 Å². The zero-order valence-electron chi connectivity index (χ0n) is 20.7. The number of alkyl halides is 6. The summed E-state index contributed by atoms with van der Waals surface area (Å²) in [6.07, 6.45) is -9.96. The van der Waals surface area contributed by atoms with Crippen LogP contribution in [0.3, 0.4) is 0 Å². The molecule has 39 heavy (non-hydrogen) atoms. The van der Waals surface area contributed by atoms with Gasteiger partial charge in [-0.1, -0.05) is 17.3 Å². The van der Waals surface area contributed by atoms with Crippen molar-refractivity contribution in [1.82, 2.24) is 15.0 Å². The molecular formula is C23H26F7N3O6. The molecule has 16 heteroatoms. The van der Waals surface area contributed by atoms with Gasteiger partial charge in [0.15, 0.2) is 0 Å². The van der Waals surface area contributed by atoms with Crippen LogP contribution in [0.25, 0.3) is 0 Å². The topological polar surface area (TPSA) is 116 Å². The quantitative estimate of drug-likeness (QED) is 0.528. The lowest BCUT2D eigenvalue weighted by atomic mass is 10.1. The van der Waals surface area contributed by atoms with E-state index in [-0.39, 0.29) is 11.9 Å². The Balaban J connectivity index is 0.000000317.